The number of likely N-dealkylation sites (tertiary alicyclic amines) is 1. The molecule has 1 atom stereocenters. The molecule has 1 saturated heterocycles. The van der Waals surface area contributed by atoms with Gasteiger partial charge in [-0.25, -0.2) is 0 Å². The van der Waals surface area contributed by atoms with Gasteiger partial charge in [0.2, 0.25) is 0 Å². The number of nitrogens with two attached hydrogens (primary N) is 1. The molecule has 0 bridgehead atoms. The van der Waals surface area contributed by atoms with Gasteiger partial charge in [-0.15, -0.1) is 0 Å². The highest BCUT2D eigenvalue weighted by Gasteiger charge is 2.20. The average molecular weight is 208 g/mol. The Balaban J connectivity index is 1.87. The van der Waals surface area contributed by atoms with Crippen LogP contribution >= 0.6 is 0 Å². The molecule has 0 amide bonds. The quantitative estimate of drug-likeness (QED) is 0.813. The second kappa shape index (κ2) is 4.23. The highest BCUT2D eigenvalue weighted by molar-refractivity contribution is 5.35. The van der Waals surface area contributed by atoms with E-state index in [0.717, 1.165) is 18.2 Å². The summed E-state index contributed by atoms with van der Waals surface area (Å²) in [6.07, 6.45) is 5.87. The molecule has 1 aromatic heterocycles. The van der Waals surface area contributed by atoms with Crippen LogP contribution in [0.15, 0.2) is 6.20 Å². The van der Waals surface area contributed by atoms with E-state index in [1.165, 1.54) is 25.8 Å². The molecule has 4 heteroatoms. The molecule has 0 aliphatic carbocycles. The van der Waals surface area contributed by atoms with Crippen molar-refractivity contribution >= 4 is 5.82 Å². The van der Waals surface area contributed by atoms with Gasteiger partial charge in [0.15, 0.2) is 0 Å². The lowest BCUT2D eigenvalue weighted by Gasteiger charge is -2.18. The maximum atomic E-state index is 5.71. The first kappa shape index (κ1) is 10.5. The summed E-state index contributed by atoms with van der Waals surface area (Å²) in [4.78, 5) is 2.44. The van der Waals surface area contributed by atoms with E-state index in [4.69, 9.17) is 5.73 Å². The van der Waals surface area contributed by atoms with E-state index in [2.05, 4.69) is 17.0 Å². The number of hydrogen-bond acceptors (Lipinski definition) is 3. The number of nitrogens with zero attached hydrogens (tertiary/aromatic N) is 3. The number of rotatable bonds is 3. The first-order valence-electron chi connectivity index (χ1n) is 5.66. The topological polar surface area (TPSA) is 47.1 Å². The zero-order valence-electron chi connectivity index (χ0n) is 9.61. The van der Waals surface area contributed by atoms with E-state index in [1.807, 2.05) is 17.8 Å². The minimum Gasteiger partial charge on any atom is -0.382 e. The second-order valence-corrected chi connectivity index (χ2v) is 4.53. The number of aromatic nitrogens is 2. The monoisotopic (exact) mass is 208 g/mol. The van der Waals surface area contributed by atoms with E-state index in [1.54, 1.807) is 0 Å². The van der Waals surface area contributed by atoms with Crippen molar-refractivity contribution in [3.8, 4) is 0 Å². The highest BCUT2D eigenvalue weighted by atomic mass is 15.3. The normalized spacial score (nSPS) is 22.4. The molecule has 4 nitrogen and oxygen atoms in total. The maximum absolute atomic E-state index is 5.71. The number of nitrogen functional groups attached to an aromatic ring is 1. The van der Waals surface area contributed by atoms with Crippen molar-refractivity contribution in [2.24, 2.45) is 0 Å². The Morgan fingerprint density at radius 3 is 2.93 bits per heavy atom. The molecule has 84 valence electrons. The Labute approximate surface area is 91.1 Å². The van der Waals surface area contributed by atoms with Gasteiger partial charge >= 0.3 is 0 Å². The van der Waals surface area contributed by atoms with Crippen LogP contribution in [0.25, 0.3) is 0 Å². The number of anilines is 1. The predicted molar refractivity (Wildman–Crippen MR) is 61.6 cm³/mol. The second-order valence-electron chi connectivity index (χ2n) is 4.53. The maximum Gasteiger partial charge on any atom is 0.148 e. The molecule has 1 aliphatic heterocycles. The molecule has 1 aliphatic rings. The summed E-state index contributed by atoms with van der Waals surface area (Å²) in [6, 6.07) is 0.732. The molecule has 2 N–H and O–H groups in total. The molecule has 1 aromatic rings. The minimum absolute atomic E-state index is 0.662. The highest BCUT2D eigenvalue weighted by Crippen LogP contribution is 2.18. The zero-order valence-corrected chi connectivity index (χ0v) is 9.61. The molecule has 15 heavy (non-hydrogen) atoms. The van der Waals surface area contributed by atoms with Gasteiger partial charge in [0.25, 0.3) is 0 Å². The van der Waals surface area contributed by atoms with Crippen LogP contribution in [0.3, 0.4) is 0 Å². The standard InChI is InChI=1S/C11H20N4/c1-9-8-15(13-11(9)12)7-5-10-4-3-6-14(10)2/h8,10H,3-7H2,1-2H3,(H2,12,13). The van der Waals surface area contributed by atoms with Gasteiger partial charge in [0, 0.05) is 24.3 Å². The van der Waals surface area contributed by atoms with Crippen molar-refractivity contribution in [3.63, 3.8) is 0 Å². The van der Waals surface area contributed by atoms with Gasteiger partial charge in [-0.2, -0.15) is 5.10 Å². The van der Waals surface area contributed by atoms with Crippen molar-refractivity contribution in [2.45, 2.75) is 38.8 Å². The van der Waals surface area contributed by atoms with Crippen molar-refractivity contribution < 1.29 is 0 Å². The van der Waals surface area contributed by atoms with Gasteiger partial charge in [0.05, 0.1) is 0 Å². The summed E-state index contributed by atoms with van der Waals surface area (Å²) in [7, 11) is 2.21. The molecule has 2 rings (SSSR count). The molecule has 0 spiro atoms. The smallest absolute Gasteiger partial charge is 0.148 e. The summed E-state index contributed by atoms with van der Waals surface area (Å²) in [6.45, 7) is 4.22. The first-order valence-corrected chi connectivity index (χ1v) is 5.66. The van der Waals surface area contributed by atoms with Crippen LogP contribution in [0.4, 0.5) is 5.82 Å². The Bertz CT molecular complexity index is 312. The summed E-state index contributed by atoms with van der Waals surface area (Å²) in [5, 5.41) is 4.27. The van der Waals surface area contributed by atoms with E-state index in [0.29, 0.717) is 5.82 Å². The van der Waals surface area contributed by atoms with Crippen molar-refractivity contribution in [3.05, 3.63) is 11.8 Å². The van der Waals surface area contributed by atoms with E-state index in [-0.39, 0.29) is 0 Å². The fourth-order valence-corrected chi connectivity index (χ4v) is 2.28. The van der Waals surface area contributed by atoms with Crippen LogP contribution in [0.5, 0.6) is 0 Å². The average Bonchev–Trinajstić information content (AvgIpc) is 2.72. The van der Waals surface area contributed by atoms with Crippen molar-refractivity contribution in [1.29, 1.82) is 0 Å². The van der Waals surface area contributed by atoms with E-state index >= 15 is 0 Å². The van der Waals surface area contributed by atoms with Gasteiger partial charge in [-0.05, 0) is 39.8 Å². The van der Waals surface area contributed by atoms with E-state index in [9.17, 15) is 0 Å². The molecular formula is C11H20N4. The summed E-state index contributed by atoms with van der Waals surface area (Å²) < 4.78 is 1.97. The Kier molecular flexibility index (Phi) is 2.95. The van der Waals surface area contributed by atoms with Gasteiger partial charge in [-0.1, -0.05) is 0 Å². The largest absolute Gasteiger partial charge is 0.382 e. The first-order chi connectivity index (χ1) is 7.16. The van der Waals surface area contributed by atoms with Crippen LogP contribution in [-0.2, 0) is 6.54 Å². The molecule has 1 unspecified atom stereocenters. The van der Waals surface area contributed by atoms with Gasteiger partial charge in [0.1, 0.15) is 5.82 Å². The summed E-state index contributed by atoms with van der Waals surface area (Å²) in [5.41, 5.74) is 6.79. The summed E-state index contributed by atoms with van der Waals surface area (Å²) in [5.74, 6) is 0.662. The van der Waals surface area contributed by atoms with Crippen LogP contribution < -0.4 is 5.73 Å². The van der Waals surface area contributed by atoms with Crippen LogP contribution in [0.1, 0.15) is 24.8 Å². The minimum atomic E-state index is 0.662. The van der Waals surface area contributed by atoms with Gasteiger partial charge < -0.3 is 10.6 Å². The lowest BCUT2D eigenvalue weighted by molar-refractivity contribution is 0.283. The number of aryl methyl sites for hydroxylation is 2. The fourth-order valence-electron chi connectivity index (χ4n) is 2.28. The van der Waals surface area contributed by atoms with Crippen LogP contribution in [0.2, 0.25) is 0 Å². The van der Waals surface area contributed by atoms with Crippen molar-refractivity contribution in [2.75, 3.05) is 19.3 Å². The molecule has 1 fully saturated rings. The number of hydrogen-bond donors (Lipinski definition) is 1. The Hall–Kier alpha value is -1.03. The molecule has 0 saturated carbocycles. The molecule has 0 aromatic carbocycles. The Morgan fingerprint density at radius 2 is 2.40 bits per heavy atom. The lowest BCUT2D eigenvalue weighted by atomic mass is 10.1. The molecule has 0 radical (unpaired) electrons. The summed E-state index contributed by atoms with van der Waals surface area (Å²) >= 11 is 0. The molecular weight excluding hydrogens is 188 g/mol. The zero-order chi connectivity index (χ0) is 10.8. The third-order valence-corrected chi connectivity index (χ3v) is 3.35. The third kappa shape index (κ3) is 2.31. The van der Waals surface area contributed by atoms with E-state index < -0.39 is 0 Å². The van der Waals surface area contributed by atoms with Gasteiger partial charge in [-0.3, -0.25) is 4.68 Å². The van der Waals surface area contributed by atoms with Crippen LogP contribution in [-0.4, -0.2) is 34.3 Å². The van der Waals surface area contributed by atoms with Crippen molar-refractivity contribution in [1.82, 2.24) is 14.7 Å². The lowest BCUT2D eigenvalue weighted by Crippen LogP contribution is -2.26. The van der Waals surface area contributed by atoms with Crippen LogP contribution in [0, 0.1) is 6.92 Å². The molecule has 2 heterocycles. The predicted octanol–water partition coefficient (Wildman–Crippen LogP) is 1.26. The fraction of sp³-hybridized carbons (Fsp3) is 0.727. The third-order valence-electron chi connectivity index (χ3n) is 3.35. The SMILES string of the molecule is Cc1cn(CCC2CCCN2C)nc1N. The Morgan fingerprint density at radius 1 is 1.60 bits per heavy atom.